The highest BCUT2D eigenvalue weighted by Gasteiger charge is 2.25. The van der Waals surface area contributed by atoms with Gasteiger partial charge in [0.25, 0.3) is 6.29 Å². The molecule has 83 heavy (non-hydrogen) atoms. The molecule has 0 heterocycles. The van der Waals surface area contributed by atoms with Crippen LogP contribution >= 0.6 is 0 Å². The number of esters is 2. The van der Waals surface area contributed by atoms with Gasteiger partial charge in [-0.1, -0.05) is 321 Å². The summed E-state index contributed by atoms with van der Waals surface area (Å²) in [6, 6.07) is 0. The molecular formula is C74H142NO8+. The van der Waals surface area contributed by atoms with E-state index < -0.39 is 18.4 Å². The first-order chi connectivity index (χ1) is 40.6. The minimum atomic E-state index is -1.51. The Bertz CT molecular complexity index is 1410. The van der Waals surface area contributed by atoms with Crippen LogP contribution in [0.15, 0.2) is 24.3 Å². The van der Waals surface area contributed by atoms with Crippen LogP contribution in [0.5, 0.6) is 0 Å². The van der Waals surface area contributed by atoms with Gasteiger partial charge in [-0.25, -0.2) is 4.79 Å². The van der Waals surface area contributed by atoms with Crippen LogP contribution in [0.2, 0.25) is 0 Å². The molecule has 0 radical (unpaired) electrons. The van der Waals surface area contributed by atoms with Crippen molar-refractivity contribution in [2.75, 3.05) is 47.5 Å². The molecule has 0 aromatic heterocycles. The summed E-state index contributed by atoms with van der Waals surface area (Å²) in [6.45, 7) is 4.95. The fourth-order valence-corrected chi connectivity index (χ4v) is 11.1. The number of carbonyl (C=O) groups excluding carboxylic acids is 2. The number of quaternary nitrogens is 1. The number of carboxylic acid groups (broad SMARTS) is 1. The van der Waals surface area contributed by atoms with Crippen molar-refractivity contribution in [3.63, 3.8) is 0 Å². The number of nitrogens with zero attached hydrogens (tertiary/aromatic N) is 1. The largest absolute Gasteiger partial charge is 0.477 e. The van der Waals surface area contributed by atoms with E-state index in [9.17, 15) is 19.5 Å². The summed E-state index contributed by atoms with van der Waals surface area (Å²) in [6.07, 6.45) is 78.8. The lowest BCUT2D eigenvalue weighted by Gasteiger charge is -2.25. The number of carboxylic acids is 1. The Morgan fingerprint density at radius 3 is 0.892 bits per heavy atom. The van der Waals surface area contributed by atoms with E-state index in [1.165, 1.54) is 308 Å². The third-order valence-electron chi connectivity index (χ3n) is 16.7. The second-order valence-electron chi connectivity index (χ2n) is 26.3. The first kappa shape index (κ1) is 80.8. The van der Waals surface area contributed by atoms with Gasteiger partial charge in [0.05, 0.1) is 34.4 Å². The van der Waals surface area contributed by atoms with Crippen LogP contribution in [0.4, 0.5) is 0 Å². The van der Waals surface area contributed by atoms with Gasteiger partial charge < -0.3 is 28.5 Å². The van der Waals surface area contributed by atoms with Crippen molar-refractivity contribution in [3.8, 4) is 0 Å². The molecule has 0 saturated carbocycles. The molecule has 0 aliphatic heterocycles. The second-order valence-corrected chi connectivity index (χ2v) is 26.3. The molecular weight excluding hydrogens is 1030 g/mol. The van der Waals surface area contributed by atoms with Gasteiger partial charge in [-0.15, -0.1) is 0 Å². The number of likely N-dealkylation sites (N-methyl/N-ethyl adjacent to an activating group) is 1. The molecule has 0 bridgehead atoms. The van der Waals surface area contributed by atoms with E-state index in [0.717, 1.165) is 38.5 Å². The van der Waals surface area contributed by atoms with Crippen LogP contribution < -0.4 is 0 Å². The van der Waals surface area contributed by atoms with Crippen LogP contribution in [-0.4, -0.2) is 87.4 Å². The average molecular weight is 1170 g/mol. The van der Waals surface area contributed by atoms with Gasteiger partial charge in [0.2, 0.25) is 0 Å². The number of aliphatic carboxylic acids is 1. The molecule has 0 amide bonds. The standard InChI is InChI=1S/C74H141NO8/c1-6-8-10-12-14-16-18-20-22-24-26-28-30-32-34-36-38-40-42-44-46-48-50-52-54-56-58-60-62-64-71(76)81-68-70(69-82-74(73(78)79)80-67-66-75(3,4)5)83-72(77)65-63-61-59-57-55-53-51-49-47-45-43-41-39-37-35-33-31-29-27-25-23-21-19-17-15-13-11-9-7-2/h24-27,70,74H,6-23,28-69H2,1-5H3/p+1/b26-24-,27-25-. The molecule has 0 aromatic carbocycles. The average Bonchev–Trinajstić information content (AvgIpc) is 3.47. The highest BCUT2D eigenvalue weighted by molar-refractivity contribution is 5.71. The van der Waals surface area contributed by atoms with Crippen LogP contribution in [0.1, 0.15) is 373 Å². The molecule has 0 spiro atoms. The smallest absolute Gasteiger partial charge is 0.361 e. The van der Waals surface area contributed by atoms with Crippen molar-refractivity contribution in [1.29, 1.82) is 0 Å². The van der Waals surface area contributed by atoms with Crippen molar-refractivity contribution in [2.24, 2.45) is 0 Å². The summed E-state index contributed by atoms with van der Waals surface area (Å²) < 4.78 is 23.0. The number of rotatable bonds is 69. The third kappa shape index (κ3) is 67.1. The minimum Gasteiger partial charge on any atom is -0.477 e. The quantitative estimate of drug-likeness (QED) is 0.0211. The number of carbonyl (C=O) groups is 3. The summed E-state index contributed by atoms with van der Waals surface area (Å²) >= 11 is 0. The molecule has 0 fully saturated rings. The summed E-state index contributed by atoms with van der Waals surface area (Å²) in [7, 11) is 5.99. The van der Waals surface area contributed by atoms with E-state index >= 15 is 0 Å². The third-order valence-corrected chi connectivity index (χ3v) is 16.7. The molecule has 0 saturated heterocycles. The fraction of sp³-hybridized carbons (Fsp3) is 0.905. The maximum atomic E-state index is 13.0. The van der Waals surface area contributed by atoms with E-state index in [2.05, 4.69) is 38.2 Å². The van der Waals surface area contributed by atoms with Gasteiger partial charge in [0, 0.05) is 12.8 Å². The van der Waals surface area contributed by atoms with E-state index in [0.29, 0.717) is 17.4 Å². The first-order valence-electron chi connectivity index (χ1n) is 36.5. The Balaban J connectivity index is 4.04. The molecule has 0 aromatic rings. The number of hydrogen-bond donors (Lipinski definition) is 1. The molecule has 2 unspecified atom stereocenters. The van der Waals surface area contributed by atoms with E-state index in [1.807, 2.05) is 21.1 Å². The van der Waals surface area contributed by atoms with Crippen molar-refractivity contribution >= 4 is 17.9 Å². The molecule has 2 atom stereocenters. The summed E-state index contributed by atoms with van der Waals surface area (Å²) in [4.78, 5) is 37.6. The van der Waals surface area contributed by atoms with Crippen molar-refractivity contribution in [2.45, 2.75) is 386 Å². The fourth-order valence-electron chi connectivity index (χ4n) is 11.1. The van der Waals surface area contributed by atoms with Crippen molar-refractivity contribution in [3.05, 3.63) is 24.3 Å². The number of hydrogen-bond acceptors (Lipinski definition) is 7. The molecule has 1 N–H and O–H groups in total. The van der Waals surface area contributed by atoms with E-state index in [1.54, 1.807) is 0 Å². The number of unbranched alkanes of at least 4 members (excludes halogenated alkanes) is 50. The highest BCUT2D eigenvalue weighted by atomic mass is 16.7. The molecule has 9 nitrogen and oxygen atoms in total. The number of ether oxygens (including phenoxy) is 4. The van der Waals surface area contributed by atoms with Crippen LogP contribution in [0.25, 0.3) is 0 Å². The van der Waals surface area contributed by atoms with E-state index in [4.69, 9.17) is 18.9 Å². The van der Waals surface area contributed by atoms with Crippen LogP contribution in [0.3, 0.4) is 0 Å². The number of allylic oxidation sites excluding steroid dienone is 4. The molecule has 0 aliphatic rings. The Labute approximate surface area is 516 Å². The van der Waals surface area contributed by atoms with Crippen molar-refractivity contribution < 1.29 is 42.9 Å². The van der Waals surface area contributed by atoms with Gasteiger partial charge in [-0.2, -0.15) is 0 Å². The highest BCUT2D eigenvalue weighted by Crippen LogP contribution is 2.19. The molecule has 490 valence electrons. The second kappa shape index (κ2) is 65.7. The SMILES string of the molecule is CCCCCCCCCC/C=C\CCCCCCCCCCCCCCCCCCCC(=O)OCC(COC(OCC[N+](C)(C)C)C(=O)O)OC(=O)CCCCCCCCCCCCCCCCCCC/C=C\CCCCCCCCCC. The Morgan fingerprint density at radius 1 is 0.349 bits per heavy atom. The molecule has 0 aliphatic carbocycles. The maximum absolute atomic E-state index is 13.0. The van der Waals surface area contributed by atoms with Gasteiger partial charge >= 0.3 is 17.9 Å². The van der Waals surface area contributed by atoms with Gasteiger partial charge in [0.1, 0.15) is 13.2 Å². The van der Waals surface area contributed by atoms with Crippen LogP contribution in [-0.2, 0) is 33.3 Å². The maximum Gasteiger partial charge on any atom is 0.361 e. The van der Waals surface area contributed by atoms with Crippen molar-refractivity contribution in [1.82, 2.24) is 0 Å². The lowest BCUT2D eigenvalue weighted by atomic mass is 10.0. The summed E-state index contributed by atoms with van der Waals surface area (Å²) in [5, 5.41) is 9.75. The van der Waals surface area contributed by atoms with Gasteiger partial charge in [0.15, 0.2) is 6.10 Å². The Kier molecular flexibility index (Phi) is 64.0. The monoisotopic (exact) mass is 1170 g/mol. The summed E-state index contributed by atoms with van der Waals surface area (Å²) in [5.74, 6) is -1.97. The minimum absolute atomic E-state index is 0.175. The Hall–Kier alpha value is -2.23. The topological polar surface area (TPSA) is 108 Å². The predicted molar refractivity (Wildman–Crippen MR) is 355 cm³/mol. The summed E-state index contributed by atoms with van der Waals surface area (Å²) in [5.41, 5.74) is 0. The van der Waals surface area contributed by atoms with E-state index in [-0.39, 0.29) is 38.2 Å². The van der Waals surface area contributed by atoms with Crippen LogP contribution in [0, 0.1) is 0 Å². The zero-order valence-electron chi connectivity index (χ0n) is 56.1. The normalized spacial score (nSPS) is 12.7. The lowest BCUT2D eigenvalue weighted by Crippen LogP contribution is -2.40. The zero-order chi connectivity index (χ0) is 60.5. The zero-order valence-corrected chi connectivity index (χ0v) is 56.1. The lowest BCUT2D eigenvalue weighted by molar-refractivity contribution is -0.870. The predicted octanol–water partition coefficient (Wildman–Crippen LogP) is 22.6. The first-order valence-corrected chi connectivity index (χ1v) is 36.5. The Morgan fingerprint density at radius 2 is 0.614 bits per heavy atom. The van der Waals surface area contributed by atoms with Gasteiger partial charge in [-0.05, 0) is 64.2 Å². The van der Waals surface area contributed by atoms with Gasteiger partial charge in [-0.3, -0.25) is 9.59 Å². The molecule has 0 rings (SSSR count). The molecule has 9 heteroatoms.